The van der Waals surface area contributed by atoms with Gasteiger partial charge in [-0.05, 0) is 44.4 Å². The highest BCUT2D eigenvalue weighted by molar-refractivity contribution is 7.16. The molecule has 1 saturated heterocycles. The molecule has 2 aliphatic rings. The van der Waals surface area contributed by atoms with E-state index in [1.165, 1.54) is 24.2 Å². The Bertz CT molecular complexity index is 974. The molecule has 2 amide bonds. The first-order valence-electron chi connectivity index (χ1n) is 11.5. The van der Waals surface area contributed by atoms with Crippen LogP contribution in [0.5, 0.6) is 0 Å². The maximum atomic E-state index is 13.2. The zero-order valence-electron chi connectivity index (χ0n) is 19.1. The number of nitrogens with one attached hydrogen (secondary N) is 2. The van der Waals surface area contributed by atoms with Gasteiger partial charge in [0.1, 0.15) is 6.04 Å². The lowest BCUT2D eigenvalue weighted by atomic mass is 9.96. The first-order chi connectivity index (χ1) is 15.9. The number of hydrogen-bond donors (Lipinski definition) is 2. The average molecular weight is 491 g/mol. The molecule has 1 aliphatic carbocycles. The Balaban J connectivity index is 1.50. The molecule has 1 aliphatic heterocycles. The number of hydrogen-bond acceptors (Lipinski definition) is 6. The van der Waals surface area contributed by atoms with Crippen molar-refractivity contribution >= 4 is 45.9 Å². The Morgan fingerprint density at radius 3 is 2.79 bits per heavy atom. The Labute approximate surface area is 203 Å². The van der Waals surface area contributed by atoms with Crippen LogP contribution in [0.25, 0.3) is 0 Å². The van der Waals surface area contributed by atoms with E-state index in [-0.39, 0.29) is 18.0 Å². The Kier molecular flexibility index (Phi) is 7.88. The zero-order chi connectivity index (χ0) is 23.4. The summed E-state index contributed by atoms with van der Waals surface area (Å²) < 4.78 is 5.20. The van der Waals surface area contributed by atoms with Crippen LogP contribution in [0.4, 0.5) is 10.7 Å². The van der Waals surface area contributed by atoms with E-state index < -0.39 is 6.04 Å². The molecule has 33 heavy (non-hydrogen) atoms. The van der Waals surface area contributed by atoms with E-state index in [2.05, 4.69) is 22.5 Å². The summed E-state index contributed by atoms with van der Waals surface area (Å²) in [5.74, 6) is 0.378. The first-order valence-corrected chi connectivity index (χ1v) is 12.7. The molecular formula is C24H31ClN4O3S. The third-order valence-corrected chi connectivity index (χ3v) is 7.98. The maximum Gasteiger partial charge on any atom is 0.243 e. The van der Waals surface area contributed by atoms with Gasteiger partial charge in [-0.25, -0.2) is 0 Å². The van der Waals surface area contributed by atoms with Gasteiger partial charge in [-0.15, -0.1) is 11.3 Å². The maximum absolute atomic E-state index is 13.2. The predicted molar refractivity (Wildman–Crippen MR) is 132 cm³/mol. The van der Waals surface area contributed by atoms with Crippen LogP contribution in [-0.4, -0.2) is 42.6 Å². The van der Waals surface area contributed by atoms with Gasteiger partial charge in [0.15, 0.2) is 0 Å². The van der Waals surface area contributed by atoms with Crippen molar-refractivity contribution < 1.29 is 14.3 Å². The Morgan fingerprint density at radius 1 is 1.36 bits per heavy atom. The van der Waals surface area contributed by atoms with E-state index in [1.807, 2.05) is 25.1 Å². The summed E-state index contributed by atoms with van der Waals surface area (Å²) >= 11 is 7.62. The zero-order valence-corrected chi connectivity index (χ0v) is 20.6. The van der Waals surface area contributed by atoms with Gasteiger partial charge in [0.05, 0.1) is 46.7 Å². The minimum Gasteiger partial charge on any atom is -0.377 e. The minimum atomic E-state index is -0.514. The quantitative estimate of drug-likeness (QED) is 0.471. The summed E-state index contributed by atoms with van der Waals surface area (Å²) in [6, 6.07) is 5.31. The molecule has 2 aromatic rings. The summed E-state index contributed by atoms with van der Waals surface area (Å²) in [7, 11) is 0. The molecule has 0 aromatic carbocycles. The van der Waals surface area contributed by atoms with Crippen LogP contribution < -0.4 is 15.5 Å². The molecule has 2 fully saturated rings. The lowest BCUT2D eigenvalue weighted by Crippen LogP contribution is -2.55. The number of pyridine rings is 1. The number of nitrogens with zero attached hydrogens (tertiary/aromatic N) is 2. The van der Waals surface area contributed by atoms with Crippen molar-refractivity contribution in [3.8, 4) is 0 Å². The third-order valence-electron chi connectivity index (χ3n) is 6.49. The molecule has 9 heteroatoms. The van der Waals surface area contributed by atoms with Crippen LogP contribution in [-0.2, 0) is 14.3 Å². The van der Waals surface area contributed by atoms with Gasteiger partial charge >= 0.3 is 0 Å². The van der Waals surface area contributed by atoms with Crippen LogP contribution in [0.15, 0.2) is 24.4 Å². The molecule has 0 bridgehead atoms. The van der Waals surface area contributed by atoms with Crippen molar-refractivity contribution in [2.75, 3.05) is 23.4 Å². The molecule has 0 unspecified atom stereocenters. The van der Waals surface area contributed by atoms with Crippen LogP contribution in [0, 0.1) is 12.8 Å². The molecule has 2 aromatic heterocycles. The number of aryl methyl sites for hydroxylation is 1. The first kappa shape index (κ1) is 24.0. The number of thiophene rings is 1. The van der Waals surface area contributed by atoms with Gasteiger partial charge < -0.3 is 15.4 Å². The van der Waals surface area contributed by atoms with Gasteiger partial charge in [0.2, 0.25) is 12.3 Å². The van der Waals surface area contributed by atoms with Crippen molar-refractivity contribution in [1.82, 2.24) is 10.3 Å². The van der Waals surface area contributed by atoms with Crippen molar-refractivity contribution in [2.24, 2.45) is 5.92 Å². The van der Waals surface area contributed by atoms with E-state index in [0.717, 1.165) is 40.5 Å². The van der Waals surface area contributed by atoms with Crippen LogP contribution in [0.1, 0.15) is 55.6 Å². The molecule has 3 heterocycles. The number of halogens is 1. The summed E-state index contributed by atoms with van der Waals surface area (Å²) in [5.41, 5.74) is 1.74. The summed E-state index contributed by atoms with van der Waals surface area (Å²) in [6.07, 6.45) is 7.74. The van der Waals surface area contributed by atoms with Crippen molar-refractivity contribution in [3.63, 3.8) is 0 Å². The van der Waals surface area contributed by atoms with Gasteiger partial charge in [-0.3, -0.25) is 19.5 Å². The van der Waals surface area contributed by atoms with E-state index in [1.54, 1.807) is 11.1 Å². The minimum absolute atomic E-state index is 0.00884. The number of carbonyl (C=O) groups is 2. The van der Waals surface area contributed by atoms with E-state index in [0.29, 0.717) is 30.6 Å². The predicted octanol–water partition coefficient (Wildman–Crippen LogP) is 4.70. The molecule has 0 spiro atoms. The fourth-order valence-electron chi connectivity index (χ4n) is 4.48. The summed E-state index contributed by atoms with van der Waals surface area (Å²) in [5, 5.41) is 7.86. The molecule has 4 rings (SSSR count). The van der Waals surface area contributed by atoms with Crippen molar-refractivity contribution in [1.29, 1.82) is 0 Å². The monoisotopic (exact) mass is 490 g/mol. The molecule has 178 valence electrons. The Morgan fingerprint density at radius 2 is 2.12 bits per heavy atom. The number of aromatic nitrogens is 1. The van der Waals surface area contributed by atoms with Gasteiger partial charge in [-0.1, -0.05) is 37.3 Å². The fourth-order valence-corrected chi connectivity index (χ4v) is 5.66. The van der Waals surface area contributed by atoms with Crippen molar-refractivity contribution in [2.45, 2.75) is 64.1 Å². The topological polar surface area (TPSA) is 83.6 Å². The number of anilines is 2. The molecule has 2 atom stereocenters. The molecule has 2 N–H and O–H groups in total. The third kappa shape index (κ3) is 5.86. The highest BCUT2D eigenvalue weighted by atomic mass is 35.5. The molecule has 1 saturated carbocycles. The lowest BCUT2D eigenvalue weighted by molar-refractivity contribution is -0.128. The Hall–Kier alpha value is -2.16. The number of ether oxygens (including phenoxy) is 1. The highest BCUT2D eigenvalue weighted by Gasteiger charge is 2.33. The van der Waals surface area contributed by atoms with Crippen LogP contribution in [0.3, 0.4) is 0 Å². The number of amides is 2. The van der Waals surface area contributed by atoms with Crippen LogP contribution in [0.2, 0.25) is 5.02 Å². The molecule has 7 nitrogen and oxygen atoms in total. The SMILES string of the molecule is Cc1ncc(Cl)cc1N[C@@H](C)c1ccc(N(C=O)[C@@H](CC2CCCC2)C(=O)NC2COC2)s1. The lowest BCUT2D eigenvalue weighted by Gasteiger charge is -2.32. The smallest absolute Gasteiger partial charge is 0.243 e. The molecule has 0 radical (unpaired) electrons. The van der Waals surface area contributed by atoms with Crippen LogP contribution >= 0.6 is 22.9 Å². The fraction of sp³-hybridized carbons (Fsp3) is 0.542. The highest BCUT2D eigenvalue weighted by Crippen LogP contribution is 2.36. The normalized spacial score (nSPS) is 18.4. The van der Waals surface area contributed by atoms with E-state index in [4.69, 9.17) is 16.3 Å². The van der Waals surface area contributed by atoms with Crippen molar-refractivity contribution in [3.05, 3.63) is 40.0 Å². The molecular weight excluding hydrogens is 460 g/mol. The van der Waals surface area contributed by atoms with E-state index >= 15 is 0 Å². The largest absolute Gasteiger partial charge is 0.377 e. The second kappa shape index (κ2) is 10.8. The van der Waals surface area contributed by atoms with Gasteiger partial charge in [0, 0.05) is 11.1 Å². The summed E-state index contributed by atoms with van der Waals surface area (Å²) in [4.78, 5) is 32.4. The second-order valence-electron chi connectivity index (χ2n) is 8.99. The number of rotatable bonds is 10. The standard InChI is InChI=1S/C24H31ClN4O3S/c1-15-20(10-18(25)11-26-15)27-16(2)22-7-8-23(33-22)29(14-30)21(9-17-5-3-4-6-17)24(31)28-19-12-32-13-19/h7-8,10-11,14,16-17,19,21,27H,3-6,9,12-13H2,1-2H3,(H,28,31)/t16-,21-/m0/s1. The number of carbonyl (C=O) groups excluding carboxylic acids is 2. The average Bonchev–Trinajstić information content (AvgIpc) is 3.45. The summed E-state index contributed by atoms with van der Waals surface area (Å²) in [6.45, 7) is 5.05. The second-order valence-corrected chi connectivity index (χ2v) is 10.5. The van der Waals surface area contributed by atoms with Gasteiger partial charge in [0.25, 0.3) is 0 Å². The van der Waals surface area contributed by atoms with Gasteiger partial charge in [-0.2, -0.15) is 0 Å². The van der Waals surface area contributed by atoms with E-state index in [9.17, 15) is 9.59 Å².